The van der Waals surface area contributed by atoms with Gasteiger partial charge in [-0.3, -0.25) is 4.79 Å². The molecule has 0 aliphatic heterocycles. The lowest BCUT2D eigenvalue weighted by Crippen LogP contribution is -2.13. The Hall–Kier alpha value is -5.03. The molecular formula is C34H29NO4. The standard InChI is InChI=1S/C34H29NO4/c1-2-37-32-22-19-27(34(36)35-31-15-9-10-16-33(31)39-30-13-7-4-8-14-30)23-28(32)24-38-29-20-17-26(18-21-29)25-11-5-3-6-12-25/h3-23H,2,24H2,1H3,(H,35,36). The van der Waals surface area contributed by atoms with Crippen molar-refractivity contribution in [1.29, 1.82) is 0 Å². The Morgan fingerprint density at radius 3 is 2.05 bits per heavy atom. The van der Waals surface area contributed by atoms with Gasteiger partial charge in [-0.25, -0.2) is 0 Å². The fraction of sp³-hybridized carbons (Fsp3) is 0.0882. The van der Waals surface area contributed by atoms with Crippen LogP contribution in [0.4, 0.5) is 5.69 Å². The minimum absolute atomic E-state index is 0.254. The van der Waals surface area contributed by atoms with Gasteiger partial charge in [0.2, 0.25) is 0 Å². The Morgan fingerprint density at radius 2 is 1.31 bits per heavy atom. The summed E-state index contributed by atoms with van der Waals surface area (Å²) in [6.45, 7) is 2.70. The summed E-state index contributed by atoms with van der Waals surface area (Å²) in [5.41, 5.74) is 4.12. The molecule has 0 bridgehead atoms. The maximum Gasteiger partial charge on any atom is 0.255 e. The highest BCUT2D eigenvalue weighted by Crippen LogP contribution is 2.30. The van der Waals surface area contributed by atoms with E-state index in [0.717, 1.165) is 22.4 Å². The number of hydrogen-bond donors (Lipinski definition) is 1. The molecule has 1 amide bonds. The van der Waals surface area contributed by atoms with Crippen LogP contribution in [0.15, 0.2) is 127 Å². The van der Waals surface area contributed by atoms with E-state index in [1.807, 2.05) is 110 Å². The van der Waals surface area contributed by atoms with Crippen molar-refractivity contribution in [3.63, 3.8) is 0 Å². The molecule has 0 heterocycles. The minimum Gasteiger partial charge on any atom is -0.493 e. The zero-order chi connectivity index (χ0) is 26.9. The smallest absolute Gasteiger partial charge is 0.255 e. The Balaban J connectivity index is 1.30. The summed E-state index contributed by atoms with van der Waals surface area (Å²) in [5, 5.41) is 2.98. The molecule has 5 heteroatoms. The molecular weight excluding hydrogens is 486 g/mol. The fourth-order valence-corrected chi connectivity index (χ4v) is 4.13. The number of carbonyl (C=O) groups is 1. The van der Waals surface area contributed by atoms with Crippen molar-refractivity contribution >= 4 is 11.6 Å². The normalized spacial score (nSPS) is 10.5. The Kier molecular flexibility index (Phi) is 8.19. The quantitative estimate of drug-likeness (QED) is 0.203. The number of nitrogens with one attached hydrogen (secondary N) is 1. The third-order valence-electron chi connectivity index (χ3n) is 6.08. The van der Waals surface area contributed by atoms with E-state index < -0.39 is 0 Å². The first-order chi connectivity index (χ1) is 19.2. The fourth-order valence-electron chi connectivity index (χ4n) is 4.13. The summed E-state index contributed by atoms with van der Waals surface area (Å²) in [4.78, 5) is 13.2. The van der Waals surface area contributed by atoms with E-state index in [2.05, 4.69) is 17.4 Å². The van der Waals surface area contributed by atoms with Crippen LogP contribution < -0.4 is 19.5 Å². The molecule has 0 atom stereocenters. The van der Waals surface area contributed by atoms with Crippen LogP contribution in [0.2, 0.25) is 0 Å². The Morgan fingerprint density at radius 1 is 0.641 bits per heavy atom. The van der Waals surface area contributed by atoms with Gasteiger partial charge in [0.1, 0.15) is 23.9 Å². The van der Waals surface area contributed by atoms with Crippen LogP contribution in [0.25, 0.3) is 11.1 Å². The molecule has 5 aromatic carbocycles. The van der Waals surface area contributed by atoms with E-state index in [-0.39, 0.29) is 12.5 Å². The van der Waals surface area contributed by atoms with Crippen molar-refractivity contribution in [3.05, 3.63) is 139 Å². The number of rotatable bonds is 10. The molecule has 0 aromatic heterocycles. The number of hydrogen-bond acceptors (Lipinski definition) is 4. The molecule has 5 rings (SSSR count). The van der Waals surface area contributed by atoms with Gasteiger partial charge < -0.3 is 19.5 Å². The molecule has 0 saturated carbocycles. The van der Waals surface area contributed by atoms with Crippen molar-refractivity contribution in [3.8, 4) is 34.1 Å². The van der Waals surface area contributed by atoms with E-state index >= 15 is 0 Å². The lowest BCUT2D eigenvalue weighted by Gasteiger charge is -2.15. The zero-order valence-electron chi connectivity index (χ0n) is 21.7. The molecule has 1 N–H and O–H groups in total. The second-order valence-corrected chi connectivity index (χ2v) is 8.80. The van der Waals surface area contributed by atoms with E-state index in [1.54, 1.807) is 12.1 Å². The van der Waals surface area contributed by atoms with Gasteiger partial charge in [0.25, 0.3) is 5.91 Å². The first-order valence-corrected chi connectivity index (χ1v) is 12.9. The zero-order valence-corrected chi connectivity index (χ0v) is 21.7. The lowest BCUT2D eigenvalue weighted by molar-refractivity contribution is 0.102. The van der Waals surface area contributed by atoms with Gasteiger partial charge in [0, 0.05) is 11.1 Å². The van der Waals surface area contributed by atoms with Gasteiger partial charge in [-0.05, 0) is 72.6 Å². The number of para-hydroxylation sites is 3. The summed E-state index contributed by atoms with van der Waals surface area (Å²) < 4.78 is 17.9. The lowest BCUT2D eigenvalue weighted by atomic mass is 10.1. The maximum atomic E-state index is 13.2. The van der Waals surface area contributed by atoms with Gasteiger partial charge in [0.15, 0.2) is 5.75 Å². The van der Waals surface area contributed by atoms with Gasteiger partial charge in [-0.1, -0.05) is 72.8 Å². The summed E-state index contributed by atoms with van der Waals surface area (Å²) >= 11 is 0. The molecule has 0 unspecified atom stereocenters. The van der Waals surface area contributed by atoms with Crippen LogP contribution >= 0.6 is 0 Å². The Labute approximate surface area is 228 Å². The topological polar surface area (TPSA) is 56.8 Å². The van der Waals surface area contributed by atoms with E-state index in [9.17, 15) is 4.79 Å². The molecule has 0 saturated heterocycles. The molecule has 5 aromatic rings. The first kappa shape index (κ1) is 25.6. The summed E-state index contributed by atoms with van der Waals surface area (Å²) in [6, 6.07) is 40.3. The molecule has 0 radical (unpaired) electrons. The molecule has 5 nitrogen and oxygen atoms in total. The predicted molar refractivity (Wildman–Crippen MR) is 155 cm³/mol. The average molecular weight is 516 g/mol. The van der Waals surface area contributed by atoms with Crippen molar-refractivity contribution < 1.29 is 19.0 Å². The van der Waals surface area contributed by atoms with Crippen LogP contribution in [-0.4, -0.2) is 12.5 Å². The van der Waals surface area contributed by atoms with Crippen LogP contribution in [0.1, 0.15) is 22.8 Å². The minimum atomic E-state index is -0.254. The second-order valence-electron chi connectivity index (χ2n) is 8.80. The van der Waals surface area contributed by atoms with Crippen molar-refractivity contribution in [2.45, 2.75) is 13.5 Å². The van der Waals surface area contributed by atoms with Crippen LogP contribution in [-0.2, 0) is 6.61 Å². The van der Waals surface area contributed by atoms with Crippen molar-refractivity contribution in [2.24, 2.45) is 0 Å². The molecule has 194 valence electrons. The van der Waals surface area contributed by atoms with E-state index in [4.69, 9.17) is 14.2 Å². The molecule has 0 spiro atoms. The summed E-state index contributed by atoms with van der Waals surface area (Å²) in [6.07, 6.45) is 0. The van der Waals surface area contributed by atoms with Crippen LogP contribution in [0.5, 0.6) is 23.0 Å². The highest BCUT2D eigenvalue weighted by atomic mass is 16.5. The highest BCUT2D eigenvalue weighted by molar-refractivity contribution is 6.05. The monoisotopic (exact) mass is 515 g/mol. The number of anilines is 1. The SMILES string of the molecule is CCOc1ccc(C(=O)Nc2ccccc2Oc2ccccc2)cc1COc1ccc(-c2ccccc2)cc1. The van der Waals surface area contributed by atoms with Gasteiger partial charge in [0.05, 0.1) is 12.3 Å². The largest absolute Gasteiger partial charge is 0.493 e. The Bertz CT molecular complexity index is 1520. The highest BCUT2D eigenvalue weighted by Gasteiger charge is 2.14. The van der Waals surface area contributed by atoms with Crippen LogP contribution in [0, 0.1) is 0 Å². The summed E-state index contributed by atoms with van der Waals surface area (Å²) in [7, 11) is 0. The third-order valence-corrected chi connectivity index (χ3v) is 6.08. The van der Waals surface area contributed by atoms with Crippen molar-refractivity contribution in [1.82, 2.24) is 0 Å². The maximum absolute atomic E-state index is 13.2. The average Bonchev–Trinajstić information content (AvgIpc) is 2.99. The van der Waals surface area contributed by atoms with Gasteiger partial charge in [-0.2, -0.15) is 0 Å². The second kappa shape index (κ2) is 12.5. The summed E-state index contributed by atoms with van der Waals surface area (Å²) in [5.74, 6) is 2.42. The molecule has 0 aliphatic rings. The predicted octanol–water partition coefficient (Wildman–Crippen LogP) is 8.38. The van der Waals surface area contributed by atoms with Crippen LogP contribution in [0.3, 0.4) is 0 Å². The van der Waals surface area contributed by atoms with Gasteiger partial charge >= 0.3 is 0 Å². The van der Waals surface area contributed by atoms with E-state index in [1.165, 1.54) is 0 Å². The third kappa shape index (κ3) is 6.65. The van der Waals surface area contributed by atoms with E-state index in [0.29, 0.717) is 35.1 Å². The molecule has 0 aliphatic carbocycles. The van der Waals surface area contributed by atoms with Gasteiger partial charge in [-0.15, -0.1) is 0 Å². The number of ether oxygens (including phenoxy) is 3. The number of amides is 1. The molecule has 39 heavy (non-hydrogen) atoms. The first-order valence-electron chi connectivity index (χ1n) is 12.9. The number of benzene rings is 5. The molecule has 0 fully saturated rings. The van der Waals surface area contributed by atoms with Crippen molar-refractivity contribution in [2.75, 3.05) is 11.9 Å². The number of carbonyl (C=O) groups excluding carboxylic acids is 1.